The molecule has 1 unspecified atom stereocenters. The minimum Gasteiger partial charge on any atom is -0.324 e. The van der Waals surface area contributed by atoms with Gasteiger partial charge in [-0.15, -0.1) is 0 Å². The predicted molar refractivity (Wildman–Crippen MR) is 77.3 cm³/mol. The minimum absolute atomic E-state index is 0.112. The molecule has 1 aliphatic rings. The molecule has 0 saturated carbocycles. The summed E-state index contributed by atoms with van der Waals surface area (Å²) in [7, 11) is 0. The monoisotopic (exact) mass is 290 g/mol. The van der Waals surface area contributed by atoms with Gasteiger partial charge in [0.25, 0.3) is 5.91 Å². The third-order valence-corrected chi connectivity index (χ3v) is 3.53. The first-order valence-electron chi connectivity index (χ1n) is 6.69. The number of hydrogen-bond acceptors (Lipinski definition) is 5. The summed E-state index contributed by atoms with van der Waals surface area (Å²) in [5.74, 6) is 4.10. The van der Waals surface area contributed by atoms with Crippen LogP contribution in [0.1, 0.15) is 29.3 Å². The number of piperazine rings is 1. The minimum atomic E-state index is -0.623. The van der Waals surface area contributed by atoms with Crippen molar-refractivity contribution in [3.8, 4) is 0 Å². The number of nitrogens with zero attached hydrogens (tertiary/aromatic N) is 1. The zero-order chi connectivity index (χ0) is 15.6. The number of imide groups is 1. The van der Waals surface area contributed by atoms with E-state index < -0.39 is 17.9 Å². The highest BCUT2D eigenvalue weighted by atomic mass is 16.2. The van der Waals surface area contributed by atoms with E-state index in [2.05, 4.69) is 10.7 Å². The van der Waals surface area contributed by atoms with Gasteiger partial charge in [0.1, 0.15) is 12.6 Å². The van der Waals surface area contributed by atoms with E-state index in [1.165, 1.54) is 4.90 Å². The first kappa shape index (κ1) is 15.0. The van der Waals surface area contributed by atoms with E-state index in [1.54, 1.807) is 32.0 Å². The molecular weight excluding hydrogens is 272 g/mol. The van der Waals surface area contributed by atoms with Gasteiger partial charge in [0.2, 0.25) is 11.8 Å². The number of hydrazine groups is 1. The summed E-state index contributed by atoms with van der Waals surface area (Å²) >= 11 is 0. The summed E-state index contributed by atoms with van der Waals surface area (Å²) in [6, 6.07) is 4.42. The summed E-state index contributed by atoms with van der Waals surface area (Å²) in [5.41, 5.74) is 4.37. The van der Waals surface area contributed by atoms with Gasteiger partial charge < -0.3 is 10.3 Å². The fraction of sp³-hybridized carbons (Fsp3) is 0.357. The van der Waals surface area contributed by atoms with Crippen molar-refractivity contribution < 1.29 is 14.4 Å². The zero-order valence-electron chi connectivity index (χ0n) is 12.0. The Bertz CT molecular complexity index is 600. The Balaban J connectivity index is 2.33. The number of aryl methyl sites for hydroxylation is 1. The van der Waals surface area contributed by atoms with Gasteiger partial charge in [0.05, 0.1) is 0 Å². The topological polar surface area (TPSA) is 105 Å². The summed E-state index contributed by atoms with van der Waals surface area (Å²) in [5, 5.41) is 2.25. The van der Waals surface area contributed by atoms with Crippen molar-refractivity contribution in [1.82, 2.24) is 10.2 Å². The third-order valence-electron chi connectivity index (χ3n) is 3.53. The smallest absolute Gasteiger partial charge is 0.255 e. The highest BCUT2D eigenvalue weighted by Crippen LogP contribution is 2.19. The third kappa shape index (κ3) is 2.87. The van der Waals surface area contributed by atoms with Gasteiger partial charge in [0, 0.05) is 11.3 Å². The van der Waals surface area contributed by atoms with Crippen LogP contribution >= 0.6 is 0 Å². The van der Waals surface area contributed by atoms with Crippen LogP contribution in [0.25, 0.3) is 0 Å². The Kier molecular flexibility index (Phi) is 4.23. The Morgan fingerprint density at radius 2 is 2.19 bits per heavy atom. The predicted octanol–water partition coefficient (Wildman–Crippen LogP) is 0.158. The highest BCUT2D eigenvalue weighted by Gasteiger charge is 2.36. The quantitative estimate of drug-likeness (QED) is 0.418. The van der Waals surface area contributed by atoms with Crippen molar-refractivity contribution in [3.63, 3.8) is 0 Å². The van der Waals surface area contributed by atoms with Gasteiger partial charge in [-0.3, -0.25) is 25.5 Å². The second kappa shape index (κ2) is 5.92. The standard InChI is InChI=1S/C14H18N4O3/c1-3-11-13(20)16-12(19)7-18(11)14(21)10-5-4-9(17-15)6-8(10)2/h4-6,11,17H,3,7,15H2,1-2H3,(H,16,19,20). The molecule has 2 rings (SSSR count). The van der Waals surface area contributed by atoms with Crippen LogP contribution in [0, 0.1) is 6.92 Å². The summed E-state index contributed by atoms with van der Waals surface area (Å²) in [6.45, 7) is 3.47. The molecule has 21 heavy (non-hydrogen) atoms. The van der Waals surface area contributed by atoms with Crippen LogP contribution in [0.2, 0.25) is 0 Å². The van der Waals surface area contributed by atoms with Gasteiger partial charge in [-0.25, -0.2) is 0 Å². The molecule has 0 bridgehead atoms. The van der Waals surface area contributed by atoms with E-state index in [0.717, 1.165) is 5.56 Å². The van der Waals surface area contributed by atoms with Crippen LogP contribution in [0.3, 0.4) is 0 Å². The molecule has 1 aromatic carbocycles. The lowest BCUT2D eigenvalue weighted by atomic mass is 10.0. The number of carbonyl (C=O) groups excluding carboxylic acids is 3. The van der Waals surface area contributed by atoms with Crippen molar-refractivity contribution in [2.24, 2.45) is 5.84 Å². The van der Waals surface area contributed by atoms with Crippen LogP contribution in [0.4, 0.5) is 5.69 Å². The molecule has 1 aromatic rings. The maximum Gasteiger partial charge on any atom is 0.255 e. The SMILES string of the molecule is CCC1C(=O)NC(=O)CN1C(=O)c1ccc(NN)cc1C. The normalized spacial score (nSPS) is 18.4. The van der Waals surface area contributed by atoms with Gasteiger partial charge in [-0.2, -0.15) is 0 Å². The van der Waals surface area contributed by atoms with E-state index >= 15 is 0 Å². The lowest BCUT2D eigenvalue weighted by Crippen LogP contribution is -2.59. The van der Waals surface area contributed by atoms with Crippen molar-refractivity contribution in [3.05, 3.63) is 29.3 Å². The van der Waals surface area contributed by atoms with Crippen molar-refractivity contribution in [1.29, 1.82) is 0 Å². The molecule has 4 N–H and O–H groups in total. The number of nitrogens with one attached hydrogen (secondary N) is 2. The van der Waals surface area contributed by atoms with E-state index in [9.17, 15) is 14.4 Å². The Hall–Kier alpha value is -2.41. The number of nitrogen functional groups attached to an aromatic ring is 1. The first-order chi connectivity index (χ1) is 9.97. The second-order valence-corrected chi connectivity index (χ2v) is 4.94. The summed E-state index contributed by atoms with van der Waals surface area (Å²) in [6.07, 6.45) is 0.451. The molecule has 0 spiro atoms. The highest BCUT2D eigenvalue weighted by molar-refractivity contribution is 6.07. The van der Waals surface area contributed by atoms with Gasteiger partial charge in [-0.05, 0) is 37.1 Å². The molecule has 1 saturated heterocycles. The molecule has 0 aromatic heterocycles. The Morgan fingerprint density at radius 1 is 1.48 bits per heavy atom. The van der Waals surface area contributed by atoms with Gasteiger partial charge in [-0.1, -0.05) is 6.92 Å². The van der Waals surface area contributed by atoms with E-state index in [1.807, 2.05) is 0 Å². The molecule has 0 radical (unpaired) electrons. The molecular formula is C14H18N4O3. The van der Waals surface area contributed by atoms with E-state index in [4.69, 9.17) is 5.84 Å². The first-order valence-corrected chi connectivity index (χ1v) is 6.69. The van der Waals surface area contributed by atoms with Crippen molar-refractivity contribution >= 4 is 23.4 Å². The lowest BCUT2D eigenvalue weighted by molar-refractivity contribution is -0.138. The van der Waals surface area contributed by atoms with E-state index in [0.29, 0.717) is 17.7 Å². The van der Waals surface area contributed by atoms with Gasteiger partial charge in [0.15, 0.2) is 0 Å². The number of benzene rings is 1. The van der Waals surface area contributed by atoms with Crippen molar-refractivity contribution in [2.75, 3.05) is 12.0 Å². The summed E-state index contributed by atoms with van der Waals surface area (Å²) in [4.78, 5) is 37.3. The number of rotatable bonds is 3. The average molecular weight is 290 g/mol. The van der Waals surface area contributed by atoms with Crippen LogP contribution in [0.5, 0.6) is 0 Å². The molecule has 112 valence electrons. The van der Waals surface area contributed by atoms with E-state index in [-0.39, 0.29) is 12.5 Å². The molecule has 0 aliphatic carbocycles. The second-order valence-electron chi connectivity index (χ2n) is 4.94. The lowest BCUT2D eigenvalue weighted by Gasteiger charge is -2.33. The van der Waals surface area contributed by atoms with Crippen LogP contribution < -0.4 is 16.6 Å². The Labute approximate surface area is 122 Å². The Morgan fingerprint density at radius 3 is 2.76 bits per heavy atom. The van der Waals surface area contributed by atoms with Crippen LogP contribution in [-0.4, -0.2) is 35.2 Å². The number of carbonyl (C=O) groups is 3. The number of amides is 3. The average Bonchev–Trinajstić information content (AvgIpc) is 2.45. The fourth-order valence-corrected chi connectivity index (χ4v) is 2.43. The fourth-order valence-electron chi connectivity index (χ4n) is 2.43. The molecule has 7 heteroatoms. The maximum absolute atomic E-state index is 12.6. The summed E-state index contributed by atoms with van der Waals surface area (Å²) < 4.78 is 0. The number of anilines is 1. The number of hydrogen-bond donors (Lipinski definition) is 3. The largest absolute Gasteiger partial charge is 0.324 e. The maximum atomic E-state index is 12.6. The van der Waals surface area contributed by atoms with Crippen LogP contribution in [-0.2, 0) is 9.59 Å². The molecule has 1 atom stereocenters. The van der Waals surface area contributed by atoms with Crippen LogP contribution in [0.15, 0.2) is 18.2 Å². The van der Waals surface area contributed by atoms with Crippen molar-refractivity contribution in [2.45, 2.75) is 26.3 Å². The molecule has 1 heterocycles. The van der Waals surface area contributed by atoms with Gasteiger partial charge >= 0.3 is 0 Å². The number of nitrogens with two attached hydrogens (primary N) is 1. The molecule has 1 fully saturated rings. The molecule has 3 amide bonds. The molecule has 1 aliphatic heterocycles. The molecule has 7 nitrogen and oxygen atoms in total. The zero-order valence-corrected chi connectivity index (χ0v) is 12.0.